The van der Waals surface area contributed by atoms with Crippen molar-refractivity contribution in [1.82, 2.24) is 15.0 Å². The largest absolute Gasteiger partial charge is 0.495 e. The summed E-state index contributed by atoms with van der Waals surface area (Å²) in [6, 6.07) is 5.09. The molecular formula is C15H17ClN4O3. The van der Waals surface area contributed by atoms with E-state index in [9.17, 15) is 4.79 Å². The van der Waals surface area contributed by atoms with Gasteiger partial charge in [0.2, 0.25) is 11.8 Å². The molecule has 2 heterocycles. The number of benzene rings is 1. The molecule has 1 aliphatic heterocycles. The molecule has 0 radical (unpaired) electrons. The van der Waals surface area contributed by atoms with Crippen LogP contribution in [0.1, 0.15) is 17.6 Å². The first kappa shape index (κ1) is 15.8. The summed E-state index contributed by atoms with van der Waals surface area (Å²) in [4.78, 5) is 18.4. The number of aryl methyl sites for hydroxylation is 1. The number of ether oxygens (including phenoxy) is 1. The van der Waals surface area contributed by atoms with Crippen LogP contribution in [0.4, 0.5) is 5.69 Å². The van der Waals surface area contributed by atoms with Gasteiger partial charge >= 0.3 is 0 Å². The number of halogens is 1. The van der Waals surface area contributed by atoms with Gasteiger partial charge in [0.05, 0.1) is 25.3 Å². The number of aromatic nitrogens is 2. The van der Waals surface area contributed by atoms with E-state index in [1.165, 1.54) is 0 Å². The van der Waals surface area contributed by atoms with Gasteiger partial charge in [-0.25, -0.2) is 0 Å². The summed E-state index contributed by atoms with van der Waals surface area (Å²) >= 11 is 5.95. The van der Waals surface area contributed by atoms with Crippen LogP contribution in [0.3, 0.4) is 0 Å². The number of carbonyl (C=O) groups excluding carboxylic acids is 1. The van der Waals surface area contributed by atoms with Crippen LogP contribution in [-0.2, 0) is 4.79 Å². The summed E-state index contributed by atoms with van der Waals surface area (Å²) in [6.45, 7) is 3.53. The molecule has 1 aliphatic rings. The maximum absolute atomic E-state index is 12.1. The minimum Gasteiger partial charge on any atom is -0.495 e. The van der Waals surface area contributed by atoms with Gasteiger partial charge in [-0.05, 0) is 25.1 Å². The fraction of sp³-hybridized carbons (Fsp3) is 0.400. The van der Waals surface area contributed by atoms with Gasteiger partial charge in [-0.1, -0.05) is 16.8 Å². The van der Waals surface area contributed by atoms with Crippen LogP contribution in [0, 0.1) is 6.92 Å². The van der Waals surface area contributed by atoms with Crippen LogP contribution < -0.4 is 10.1 Å². The highest BCUT2D eigenvalue weighted by Gasteiger charge is 2.33. The van der Waals surface area contributed by atoms with E-state index in [0.29, 0.717) is 34.7 Å². The molecule has 3 rings (SSSR count). The summed E-state index contributed by atoms with van der Waals surface area (Å²) in [7, 11) is 1.55. The quantitative estimate of drug-likeness (QED) is 0.900. The van der Waals surface area contributed by atoms with E-state index in [1.807, 2.05) is 4.90 Å². The molecule has 0 spiro atoms. The van der Waals surface area contributed by atoms with Crippen molar-refractivity contribution in [1.29, 1.82) is 0 Å². The molecule has 23 heavy (non-hydrogen) atoms. The third kappa shape index (κ3) is 3.62. The maximum Gasteiger partial charge on any atom is 0.238 e. The molecule has 8 heteroatoms. The second kappa shape index (κ2) is 6.55. The molecule has 2 aromatic rings. The maximum atomic E-state index is 12.1. The van der Waals surface area contributed by atoms with Crippen LogP contribution in [-0.4, -0.2) is 47.7 Å². The molecule has 0 unspecified atom stereocenters. The third-order valence-electron chi connectivity index (χ3n) is 3.65. The van der Waals surface area contributed by atoms with Crippen LogP contribution in [0.15, 0.2) is 22.7 Å². The van der Waals surface area contributed by atoms with Crippen LogP contribution in [0.25, 0.3) is 0 Å². The average molecular weight is 337 g/mol. The number of methoxy groups -OCH3 is 1. The highest BCUT2D eigenvalue weighted by molar-refractivity contribution is 6.31. The van der Waals surface area contributed by atoms with Crippen LogP contribution in [0.5, 0.6) is 5.75 Å². The lowest BCUT2D eigenvalue weighted by Crippen LogP contribution is -2.48. The Kier molecular flexibility index (Phi) is 4.49. The molecule has 1 fully saturated rings. The van der Waals surface area contributed by atoms with Crippen molar-refractivity contribution < 1.29 is 14.1 Å². The molecule has 0 aliphatic carbocycles. The lowest BCUT2D eigenvalue weighted by Gasteiger charge is -2.36. The molecule has 1 aromatic carbocycles. The predicted octanol–water partition coefficient (Wildman–Crippen LogP) is 2.08. The predicted molar refractivity (Wildman–Crippen MR) is 84.8 cm³/mol. The number of rotatable bonds is 5. The van der Waals surface area contributed by atoms with Crippen molar-refractivity contribution in [3.8, 4) is 5.75 Å². The van der Waals surface area contributed by atoms with Gasteiger partial charge in [-0.15, -0.1) is 0 Å². The zero-order chi connectivity index (χ0) is 16.4. The van der Waals surface area contributed by atoms with E-state index in [4.69, 9.17) is 20.9 Å². The highest BCUT2D eigenvalue weighted by Crippen LogP contribution is 2.28. The minimum absolute atomic E-state index is 0.120. The number of anilines is 1. The second-order valence-corrected chi connectivity index (χ2v) is 5.90. The van der Waals surface area contributed by atoms with Crippen molar-refractivity contribution in [2.24, 2.45) is 0 Å². The van der Waals surface area contributed by atoms with Crippen LogP contribution in [0.2, 0.25) is 5.02 Å². The van der Waals surface area contributed by atoms with Gasteiger partial charge in [0, 0.05) is 18.1 Å². The van der Waals surface area contributed by atoms with Gasteiger partial charge in [0.15, 0.2) is 5.82 Å². The van der Waals surface area contributed by atoms with E-state index >= 15 is 0 Å². The smallest absolute Gasteiger partial charge is 0.238 e. The van der Waals surface area contributed by atoms with E-state index < -0.39 is 0 Å². The number of carbonyl (C=O) groups is 1. The van der Waals surface area contributed by atoms with E-state index in [0.717, 1.165) is 13.1 Å². The Hall–Kier alpha value is -2.12. The molecule has 1 aromatic heterocycles. The van der Waals surface area contributed by atoms with Gasteiger partial charge in [0.25, 0.3) is 0 Å². The summed E-state index contributed by atoms with van der Waals surface area (Å²) in [5.41, 5.74) is 0.564. The molecule has 0 saturated carbocycles. The zero-order valence-electron chi connectivity index (χ0n) is 12.9. The van der Waals surface area contributed by atoms with E-state index in [1.54, 1.807) is 32.2 Å². The molecular weight excluding hydrogens is 320 g/mol. The lowest BCUT2D eigenvalue weighted by atomic mass is 10.0. The number of hydrogen-bond acceptors (Lipinski definition) is 6. The summed E-state index contributed by atoms with van der Waals surface area (Å²) in [5.74, 6) is 1.92. The molecule has 7 nitrogen and oxygen atoms in total. The zero-order valence-corrected chi connectivity index (χ0v) is 13.6. The normalized spacial score (nSPS) is 15.3. The molecule has 1 N–H and O–H groups in total. The number of nitrogens with one attached hydrogen (secondary N) is 1. The second-order valence-electron chi connectivity index (χ2n) is 5.46. The molecule has 0 atom stereocenters. The molecule has 122 valence electrons. The summed E-state index contributed by atoms with van der Waals surface area (Å²) < 4.78 is 10.4. The van der Waals surface area contributed by atoms with Gasteiger partial charge < -0.3 is 14.6 Å². The Labute approximate surface area is 138 Å². The van der Waals surface area contributed by atoms with Crippen LogP contribution >= 0.6 is 11.6 Å². The van der Waals surface area contributed by atoms with Crippen molar-refractivity contribution in [2.75, 3.05) is 32.1 Å². The van der Waals surface area contributed by atoms with Crippen molar-refractivity contribution >= 4 is 23.2 Å². The number of amides is 1. The standard InChI is InChI=1S/C15H17ClN4O3/c1-9-17-15(23-19-9)10-6-20(7-10)8-14(21)18-12-5-11(16)3-4-13(12)22-2/h3-5,10H,6-8H2,1-2H3,(H,18,21). The monoisotopic (exact) mass is 336 g/mol. The minimum atomic E-state index is -0.120. The van der Waals surface area contributed by atoms with Gasteiger partial charge in [0.1, 0.15) is 5.75 Å². The fourth-order valence-corrected chi connectivity index (χ4v) is 2.68. The first-order valence-electron chi connectivity index (χ1n) is 7.21. The average Bonchev–Trinajstić information content (AvgIpc) is 2.89. The number of nitrogens with zero attached hydrogens (tertiary/aromatic N) is 3. The van der Waals surface area contributed by atoms with Crippen molar-refractivity contribution in [3.63, 3.8) is 0 Å². The highest BCUT2D eigenvalue weighted by atomic mass is 35.5. The van der Waals surface area contributed by atoms with Crippen molar-refractivity contribution in [3.05, 3.63) is 34.9 Å². The summed E-state index contributed by atoms with van der Waals surface area (Å²) in [5, 5.41) is 7.14. The van der Waals surface area contributed by atoms with E-state index in [-0.39, 0.29) is 11.8 Å². The number of likely N-dealkylation sites (tertiary alicyclic amines) is 1. The Morgan fingerprint density at radius 1 is 1.52 bits per heavy atom. The SMILES string of the molecule is COc1ccc(Cl)cc1NC(=O)CN1CC(c2nc(C)no2)C1. The summed E-state index contributed by atoms with van der Waals surface area (Å²) in [6.07, 6.45) is 0. The Bertz CT molecular complexity index is 712. The fourth-order valence-electron chi connectivity index (χ4n) is 2.50. The lowest BCUT2D eigenvalue weighted by molar-refractivity contribution is -0.118. The Morgan fingerprint density at radius 3 is 2.96 bits per heavy atom. The molecule has 0 bridgehead atoms. The molecule has 1 saturated heterocycles. The Balaban J connectivity index is 1.52. The third-order valence-corrected chi connectivity index (χ3v) is 3.89. The molecule has 1 amide bonds. The van der Waals surface area contributed by atoms with Gasteiger partial charge in [-0.3, -0.25) is 9.69 Å². The number of hydrogen-bond donors (Lipinski definition) is 1. The van der Waals surface area contributed by atoms with Gasteiger partial charge in [-0.2, -0.15) is 4.98 Å². The Morgan fingerprint density at radius 2 is 2.30 bits per heavy atom. The first-order chi connectivity index (χ1) is 11.0. The first-order valence-corrected chi connectivity index (χ1v) is 7.59. The topological polar surface area (TPSA) is 80.5 Å². The van der Waals surface area contributed by atoms with Crippen molar-refractivity contribution in [2.45, 2.75) is 12.8 Å². The van der Waals surface area contributed by atoms with E-state index in [2.05, 4.69) is 15.5 Å².